The lowest BCUT2D eigenvalue weighted by Crippen LogP contribution is -1.91. The predicted octanol–water partition coefficient (Wildman–Crippen LogP) is 5.05. The molecule has 0 amide bonds. The summed E-state index contributed by atoms with van der Waals surface area (Å²) < 4.78 is 0. The van der Waals surface area contributed by atoms with E-state index in [1.165, 1.54) is 38.4 Å². The molecule has 0 aliphatic heterocycles. The van der Waals surface area contributed by atoms with E-state index in [1.54, 1.807) is 0 Å². The maximum atomic E-state index is 4.12. The Morgan fingerprint density at radius 2 is 1.04 bits per heavy atom. The van der Waals surface area contributed by atoms with Gasteiger partial charge in [-0.15, -0.1) is 18.5 Å². The molecule has 2 atom stereocenters. The van der Waals surface area contributed by atoms with Crippen LogP contribution in [-0.4, -0.2) is 0 Å². The molecule has 0 spiro atoms. The topological polar surface area (TPSA) is 0 Å². The highest BCUT2D eigenvalue weighted by atomic mass is 31.0. The highest BCUT2D eigenvalue weighted by molar-refractivity contribution is 7.27. The maximum absolute atomic E-state index is 4.12. The van der Waals surface area contributed by atoms with Gasteiger partial charge in [0.1, 0.15) is 0 Å². The number of hydrogen-bond acceptors (Lipinski definition) is 0. The third-order valence-corrected chi connectivity index (χ3v) is 4.68. The van der Waals surface area contributed by atoms with Crippen LogP contribution in [0.4, 0.5) is 0 Å². The van der Waals surface area contributed by atoms with Crippen LogP contribution < -0.4 is 10.6 Å². The van der Waals surface area contributed by atoms with E-state index in [9.17, 15) is 0 Å². The Morgan fingerprint density at radius 1 is 0.652 bits per heavy atom. The molecule has 0 saturated heterocycles. The van der Waals surface area contributed by atoms with E-state index in [-0.39, 0.29) is 0 Å². The molecule has 0 bridgehead atoms. The fourth-order valence-corrected chi connectivity index (χ4v) is 2.94. The van der Waals surface area contributed by atoms with Gasteiger partial charge in [0.05, 0.1) is 0 Å². The largest absolute Gasteiger partial charge is 0.106 e. The van der Waals surface area contributed by atoms with Crippen LogP contribution in [0.25, 0.3) is 27.8 Å². The van der Waals surface area contributed by atoms with Crippen molar-refractivity contribution in [3.63, 3.8) is 0 Å². The fourth-order valence-electron chi connectivity index (χ4n) is 2.56. The Morgan fingerprint density at radius 3 is 1.39 bits per heavy atom. The summed E-state index contributed by atoms with van der Waals surface area (Å²) in [7, 11) is 5.46. The predicted molar refractivity (Wildman–Crippen MR) is 111 cm³/mol. The van der Waals surface area contributed by atoms with Gasteiger partial charge >= 0.3 is 0 Å². The SMILES string of the molecule is C=C(C)c1cc(-c2ccc(P)cc2)cc(-c2ccc(P)cc2)c1. The molecule has 0 aliphatic carbocycles. The van der Waals surface area contributed by atoms with Gasteiger partial charge in [0.2, 0.25) is 0 Å². The van der Waals surface area contributed by atoms with Crippen LogP contribution in [0.3, 0.4) is 0 Å². The standard InChI is InChI=1S/C21H20P2/c1-14(2)17-11-18(15-3-7-20(22)8-4-15)13-19(12-17)16-5-9-21(23)10-6-16/h3-13H,1,22-23H2,2H3. The summed E-state index contributed by atoms with van der Waals surface area (Å²) in [6.07, 6.45) is 0. The van der Waals surface area contributed by atoms with Gasteiger partial charge in [0, 0.05) is 0 Å². The quantitative estimate of drug-likeness (QED) is 0.588. The highest BCUT2D eigenvalue weighted by Gasteiger charge is 2.06. The molecular weight excluding hydrogens is 314 g/mol. The summed E-state index contributed by atoms with van der Waals surface area (Å²) in [6, 6.07) is 23.8. The molecule has 0 N–H and O–H groups in total. The third kappa shape index (κ3) is 3.78. The second-order valence-electron chi connectivity index (χ2n) is 5.82. The summed E-state index contributed by atoms with van der Waals surface area (Å²) in [5.74, 6) is 0. The van der Waals surface area contributed by atoms with Gasteiger partial charge in [-0.1, -0.05) is 60.7 Å². The minimum absolute atomic E-state index is 1.08. The van der Waals surface area contributed by atoms with E-state index >= 15 is 0 Å². The normalized spacial score (nSPS) is 10.6. The third-order valence-electron chi connectivity index (χ3n) is 3.91. The number of allylic oxidation sites excluding steroid dienone is 1. The molecule has 3 rings (SSSR count). The Kier molecular flexibility index (Phi) is 4.76. The Bertz CT molecular complexity index is 780. The van der Waals surface area contributed by atoms with E-state index in [2.05, 4.69) is 98.7 Å². The van der Waals surface area contributed by atoms with Crippen LogP contribution in [0.15, 0.2) is 73.3 Å². The van der Waals surface area contributed by atoms with Crippen molar-refractivity contribution in [1.29, 1.82) is 0 Å². The van der Waals surface area contributed by atoms with Crippen molar-refractivity contribution < 1.29 is 0 Å². The van der Waals surface area contributed by atoms with E-state index in [0.717, 1.165) is 5.57 Å². The van der Waals surface area contributed by atoms with Crippen molar-refractivity contribution in [1.82, 2.24) is 0 Å². The van der Waals surface area contributed by atoms with Gasteiger partial charge in [-0.2, -0.15) is 0 Å². The maximum Gasteiger partial charge on any atom is -0.0172 e. The summed E-state index contributed by atoms with van der Waals surface area (Å²) >= 11 is 0. The van der Waals surface area contributed by atoms with Crippen LogP contribution in [-0.2, 0) is 0 Å². The van der Waals surface area contributed by atoms with Crippen LogP contribution in [0.1, 0.15) is 12.5 Å². The zero-order valence-corrected chi connectivity index (χ0v) is 15.5. The van der Waals surface area contributed by atoms with Crippen molar-refractivity contribution >= 4 is 34.7 Å². The molecule has 23 heavy (non-hydrogen) atoms. The van der Waals surface area contributed by atoms with Gasteiger partial charge in [-0.25, -0.2) is 0 Å². The van der Waals surface area contributed by atoms with Crippen molar-refractivity contribution in [3.05, 3.63) is 78.9 Å². The minimum Gasteiger partial charge on any atom is -0.106 e. The smallest absolute Gasteiger partial charge is 0.0172 e. The van der Waals surface area contributed by atoms with Crippen molar-refractivity contribution in [2.24, 2.45) is 0 Å². The molecule has 0 aromatic heterocycles. The highest BCUT2D eigenvalue weighted by Crippen LogP contribution is 2.30. The van der Waals surface area contributed by atoms with Gasteiger partial charge < -0.3 is 0 Å². The minimum atomic E-state index is 1.08. The molecule has 114 valence electrons. The van der Waals surface area contributed by atoms with E-state index in [1.807, 2.05) is 0 Å². The van der Waals surface area contributed by atoms with E-state index in [4.69, 9.17) is 0 Å². The van der Waals surface area contributed by atoms with Crippen LogP contribution >= 0.6 is 18.5 Å². The first kappa shape index (κ1) is 16.1. The van der Waals surface area contributed by atoms with Gasteiger partial charge in [-0.05, 0) is 63.5 Å². The fraction of sp³-hybridized carbons (Fsp3) is 0.0476. The van der Waals surface area contributed by atoms with Crippen molar-refractivity contribution in [2.75, 3.05) is 0 Å². The second kappa shape index (κ2) is 6.79. The zero-order valence-electron chi connectivity index (χ0n) is 13.2. The summed E-state index contributed by atoms with van der Waals surface area (Å²) in [4.78, 5) is 0. The summed E-state index contributed by atoms with van der Waals surface area (Å²) in [6.45, 7) is 6.17. The molecule has 0 saturated carbocycles. The van der Waals surface area contributed by atoms with Crippen LogP contribution in [0.5, 0.6) is 0 Å². The van der Waals surface area contributed by atoms with E-state index < -0.39 is 0 Å². The lowest BCUT2D eigenvalue weighted by molar-refractivity contribution is 1.54. The molecule has 0 aliphatic rings. The van der Waals surface area contributed by atoms with Gasteiger partial charge in [-0.3, -0.25) is 0 Å². The first-order valence-electron chi connectivity index (χ1n) is 7.56. The summed E-state index contributed by atoms with van der Waals surface area (Å²) in [5, 5.41) is 2.39. The first-order valence-corrected chi connectivity index (χ1v) is 8.71. The van der Waals surface area contributed by atoms with Gasteiger partial charge in [0.15, 0.2) is 0 Å². The lowest BCUT2D eigenvalue weighted by Gasteiger charge is -2.11. The van der Waals surface area contributed by atoms with Crippen LogP contribution in [0.2, 0.25) is 0 Å². The molecular formula is C21H20P2. The van der Waals surface area contributed by atoms with Crippen molar-refractivity contribution in [3.8, 4) is 22.3 Å². The summed E-state index contributed by atoms with van der Waals surface area (Å²) in [5.41, 5.74) is 7.16. The molecule has 2 heteroatoms. The monoisotopic (exact) mass is 334 g/mol. The Balaban J connectivity index is 2.15. The zero-order chi connectivity index (χ0) is 16.4. The molecule has 0 radical (unpaired) electrons. The van der Waals surface area contributed by atoms with Crippen molar-refractivity contribution in [2.45, 2.75) is 6.92 Å². The Labute approximate surface area is 143 Å². The Hall–Kier alpha value is -1.74. The van der Waals surface area contributed by atoms with E-state index in [0.29, 0.717) is 0 Å². The number of rotatable bonds is 3. The van der Waals surface area contributed by atoms with Crippen LogP contribution in [0, 0.1) is 0 Å². The molecule has 3 aromatic carbocycles. The molecule has 0 heterocycles. The average Bonchev–Trinajstić information content (AvgIpc) is 2.55. The number of hydrogen-bond donors (Lipinski definition) is 0. The van der Waals surface area contributed by atoms with Gasteiger partial charge in [0.25, 0.3) is 0 Å². The molecule has 2 unspecified atom stereocenters. The number of benzene rings is 3. The average molecular weight is 334 g/mol. The first-order chi connectivity index (χ1) is 11.0. The molecule has 3 aromatic rings. The lowest BCUT2D eigenvalue weighted by atomic mass is 9.94. The molecule has 0 nitrogen and oxygen atoms in total. The molecule has 0 fully saturated rings. The second-order valence-corrected chi connectivity index (χ2v) is 7.16.